The highest BCUT2D eigenvalue weighted by Gasteiger charge is 2.29. The standard InChI is InChI=1S/C26H25BrN4O4S2/c1-2-35-25(32)22-15-36-26(29-22)31-23(13-17-6-7-17)21(24(30-31)18-4-3-5-19(27)14-18)12-16-8-10-20(11-9-16)37(28,33)34/h3-5,8-11,14-15,17H,2,6-7,12-13H2,1H3,(H2,28,33,34). The number of hydrogen-bond donors (Lipinski definition) is 1. The molecule has 0 aliphatic heterocycles. The minimum absolute atomic E-state index is 0.0756. The fourth-order valence-electron chi connectivity index (χ4n) is 4.16. The molecule has 5 rings (SSSR count). The lowest BCUT2D eigenvalue weighted by Crippen LogP contribution is -2.12. The molecular formula is C26H25BrN4O4S2. The summed E-state index contributed by atoms with van der Waals surface area (Å²) in [4.78, 5) is 16.9. The topological polar surface area (TPSA) is 117 Å². The quantitative estimate of drug-likeness (QED) is 0.266. The van der Waals surface area contributed by atoms with Gasteiger partial charge in [0, 0.05) is 27.4 Å². The Morgan fingerprint density at radius 3 is 2.62 bits per heavy atom. The van der Waals surface area contributed by atoms with E-state index in [9.17, 15) is 13.2 Å². The normalized spacial score (nSPS) is 13.6. The third-order valence-corrected chi connectivity index (χ3v) is 8.40. The SMILES string of the molecule is CCOC(=O)c1csc(-n2nc(-c3cccc(Br)c3)c(Cc3ccc(S(N)(=O)=O)cc3)c2CC2CC2)n1. The van der Waals surface area contributed by atoms with Crippen molar-refractivity contribution < 1.29 is 17.9 Å². The summed E-state index contributed by atoms with van der Waals surface area (Å²) in [6.07, 6.45) is 3.70. The Bertz CT molecular complexity index is 1560. The van der Waals surface area contributed by atoms with Crippen LogP contribution in [0.1, 0.15) is 47.1 Å². The molecule has 0 atom stereocenters. The van der Waals surface area contributed by atoms with E-state index in [4.69, 9.17) is 15.0 Å². The van der Waals surface area contributed by atoms with Gasteiger partial charge in [0.15, 0.2) is 5.69 Å². The smallest absolute Gasteiger partial charge is 0.357 e. The zero-order valence-corrected chi connectivity index (χ0v) is 23.3. The van der Waals surface area contributed by atoms with Crippen LogP contribution in [-0.4, -0.2) is 35.8 Å². The fraction of sp³-hybridized carbons (Fsp3) is 0.269. The van der Waals surface area contributed by atoms with E-state index in [1.165, 1.54) is 23.5 Å². The number of carbonyl (C=O) groups excluding carboxylic acids is 1. The lowest BCUT2D eigenvalue weighted by Gasteiger charge is -2.09. The number of halogens is 1. The number of benzene rings is 2. The number of nitrogens with zero attached hydrogens (tertiary/aromatic N) is 3. The van der Waals surface area contributed by atoms with Gasteiger partial charge in [0.25, 0.3) is 0 Å². The first-order valence-corrected chi connectivity index (χ1v) is 15.1. The fourth-order valence-corrected chi connectivity index (χ4v) is 5.85. The number of hydrogen-bond acceptors (Lipinski definition) is 7. The van der Waals surface area contributed by atoms with Crippen molar-refractivity contribution >= 4 is 43.3 Å². The molecule has 1 aliphatic rings. The molecule has 0 bridgehead atoms. The summed E-state index contributed by atoms with van der Waals surface area (Å²) in [6.45, 7) is 2.04. The summed E-state index contributed by atoms with van der Waals surface area (Å²) >= 11 is 4.92. The molecule has 2 aromatic heterocycles. The molecule has 0 spiro atoms. The van der Waals surface area contributed by atoms with E-state index in [1.807, 2.05) is 28.9 Å². The van der Waals surface area contributed by atoms with Gasteiger partial charge in [-0.15, -0.1) is 11.3 Å². The number of sulfonamides is 1. The summed E-state index contributed by atoms with van der Waals surface area (Å²) < 4.78 is 31.4. The number of carbonyl (C=O) groups is 1. The summed E-state index contributed by atoms with van der Waals surface area (Å²) in [5.74, 6) is 0.113. The molecule has 0 amide bonds. The number of nitrogens with two attached hydrogens (primary N) is 1. The summed E-state index contributed by atoms with van der Waals surface area (Å²) in [5.41, 5.74) is 5.05. The molecule has 4 aromatic rings. The van der Waals surface area contributed by atoms with Gasteiger partial charge >= 0.3 is 5.97 Å². The predicted octanol–water partition coefficient (Wildman–Crippen LogP) is 5.13. The van der Waals surface area contributed by atoms with Crippen molar-refractivity contribution in [2.24, 2.45) is 11.1 Å². The van der Waals surface area contributed by atoms with E-state index in [1.54, 1.807) is 24.4 Å². The number of esters is 1. The zero-order chi connectivity index (χ0) is 26.2. The van der Waals surface area contributed by atoms with Crippen molar-refractivity contribution in [1.29, 1.82) is 0 Å². The Balaban J connectivity index is 1.63. The van der Waals surface area contributed by atoms with Gasteiger partial charge in [-0.1, -0.05) is 40.2 Å². The van der Waals surface area contributed by atoms with Gasteiger partial charge < -0.3 is 4.74 Å². The first-order chi connectivity index (χ1) is 17.7. The Morgan fingerprint density at radius 2 is 1.97 bits per heavy atom. The van der Waals surface area contributed by atoms with Crippen molar-refractivity contribution in [1.82, 2.24) is 14.8 Å². The van der Waals surface area contributed by atoms with Gasteiger partial charge in [0.1, 0.15) is 0 Å². The second-order valence-corrected chi connectivity index (χ2v) is 12.3. The van der Waals surface area contributed by atoms with Crippen LogP contribution in [0.25, 0.3) is 16.4 Å². The molecule has 192 valence electrons. The molecule has 0 unspecified atom stereocenters. The summed E-state index contributed by atoms with van der Waals surface area (Å²) in [5, 5.41) is 12.6. The highest BCUT2D eigenvalue weighted by Crippen LogP contribution is 2.38. The molecule has 2 N–H and O–H groups in total. The maximum atomic E-state index is 12.3. The van der Waals surface area contributed by atoms with Gasteiger partial charge in [0.2, 0.25) is 15.2 Å². The van der Waals surface area contributed by atoms with Crippen molar-refractivity contribution in [3.05, 3.63) is 80.9 Å². The van der Waals surface area contributed by atoms with Crippen LogP contribution in [0.2, 0.25) is 0 Å². The zero-order valence-electron chi connectivity index (χ0n) is 20.1. The summed E-state index contributed by atoms with van der Waals surface area (Å²) in [7, 11) is -3.77. The lowest BCUT2D eigenvalue weighted by molar-refractivity contribution is 0.0520. The minimum atomic E-state index is -3.77. The minimum Gasteiger partial charge on any atom is -0.461 e. The Labute approximate surface area is 227 Å². The number of rotatable bonds is 9. The van der Waals surface area contributed by atoms with E-state index in [0.29, 0.717) is 17.5 Å². The third kappa shape index (κ3) is 5.85. The van der Waals surface area contributed by atoms with Crippen LogP contribution in [0.15, 0.2) is 63.3 Å². The van der Waals surface area contributed by atoms with Crippen LogP contribution in [0, 0.1) is 5.92 Å². The van der Waals surface area contributed by atoms with Crippen LogP contribution in [0.3, 0.4) is 0 Å². The van der Waals surface area contributed by atoms with Crippen LogP contribution in [0.5, 0.6) is 0 Å². The lowest BCUT2D eigenvalue weighted by atomic mass is 9.97. The molecule has 0 saturated heterocycles. The monoisotopic (exact) mass is 600 g/mol. The average Bonchev–Trinajstić information content (AvgIpc) is 3.42. The van der Waals surface area contributed by atoms with Crippen molar-refractivity contribution in [2.45, 2.75) is 37.5 Å². The van der Waals surface area contributed by atoms with Crippen LogP contribution in [-0.2, 0) is 27.6 Å². The molecule has 2 aromatic carbocycles. The number of aromatic nitrogens is 3. The van der Waals surface area contributed by atoms with E-state index in [2.05, 4.69) is 20.9 Å². The van der Waals surface area contributed by atoms with Crippen molar-refractivity contribution in [2.75, 3.05) is 6.61 Å². The van der Waals surface area contributed by atoms with Crippen molar-refractivity contribution in [3.8, 4) is 16.4 Å². The molecular weight excluding hydrogens is 576 g/mol. The number of ether oxygens (including phenoxy) is 1. The Hall–Kier alpha value is -2.86. The average molecular weight is 602 g/mol. The number of primary sulfonamides is 1. The highest BCUT2D eigenvalue weighted by molar-refractivity contribution is 9.10. The molecule has 0 radical (unpaired) electrons. The highest BCUT2D eigenvalue weighted by atomic mass is 79.9. The van der Waals surface area contributed by atoms with E-state index >= 15 is 0 Å². The van der Waals surface area contributed by atoms with Crippen LogP contribution in [0.4, 0.5) is 0 Å². The molecule has 1 fully saturated rings. The van der Waals surface area contributed by atoms with Gasteiger partial charge in [-0.25, -0.2) is 28.0 Å². The number of thiazole rings is 1. The van der Waals surface area contributed by atoms with Gasteiger partial charge in [-0.3, -0.25) is 0 Å². The third-order valence-electron chi connectivity index (χ3n) is 6.16. The predicted molar refractivity (Wildman–Crippen MR) is 145 cm³/mol. The maximum Gasteiger partial charge on any atom is 0.357 e. The summed E-state index contributed by atoms with van der Waals surface area (Å²) in [6, 6.07) is 14.6. The maximum absolute atomic E-state index is 12.3. The molecule has 2 heterocycles. The molecule has 1 saturated carbocycles. The van der Waals surface area contributed by atoms with E-state index in [0.717, 1.165) is 51.8 Å². The second-order valence-electron chi connectivity index (χ2n) is 8.95. The van der Waals surface area contributed by atoms with Crippen LogP contribution < -0.4 is 5.14 Å². The first-order valence-electron chi connectivity index (χ1n) is 11.8. The van der Waals surface area contributed by atoms with E-state index in [-0.39, 0.29) is 17.2 Å². The largest absolute Gasteiger partial charge is 0.461 e. The second kappa shape index (κ2) is 10.5. The molecule has 1 aliphatic carbocycles. The molecule has 11 heteroatoms. The van der Waals surface area contributed by atoms with Crippen LogP contribution >= 0.6 is 27.3 Å². The molecule has 8 nitrogen and oxygen atoms in total. The Morgan fingerprint density at radius 1 is 1.22 bits per heavy atom. The first kappa shape index (κ1) is 25.8. The van der Waals surface area contributed by atoms with Gasteiger partial charge in [-0.05, 0) is 61.9 Å². The molecule has 37 heavy (non-hydrogen) atoms. The van der Waals surface area contributed by atoms with Crippen molar-refractivity contribution in [3.63, 3.8) is 0 Å². The Kier molecular flexibility index (Phi) is 7.30. The van der Waals surface area contributed by atoms with E-state index < -0.39 is 16.0 Å². The van der Waals surface area contributed by atoms with Gasteiger partial charge in [0.05, 0.1) is 22.9 Å². The van der Waals surface area contributed by atoms with Gasteiger partial charge in [-0.2, -0.15) is 5.10 Å².